The third-order valence-electron chi connectivity index (χ3n) is 4.81. The van der Waals surface area contributed by atoms with E-state index in [-0.39, 0.29) is 5.56 Å². The van der Waals surface area contributed by atoms with E-state index in [0.29, 0.717) is 28.5 Å². The number of fused-ring (bicyclic) bond motifs is 1. The number of aromatic nitrogens is 2. The number of allylic oxidation sites excluding steroid dienone is 1. The van der Waals surface area contributed by atoms with Crippen molar-refractivity contribution in [3.63, 3.8) is 0 Å². The molecule has 142 valence electrons. The van der Waals surface area contributed by atoms with Gasteiger partial charge in [-0.2, -0.15) is 5.26 Å². The van der Waals surface area contributed by atoms with Gasteiger partial charge in [-0.1, -0.05) is 18.2 Å². The molecule has 2 N–H and O–H groups in total. The molecule has 0 aliphatic heterocycles. The first kappa shape index (κ1) is 18.3. The molecule has 0 saturated carbocycles. The van der Waals surface area contributed by atoms with Gasteiger partial charge in [-0.25, -0.2) is 9.78 Å². The molecular formula is C23H17N3O3. The summed E-state index contributed by atoms with van der Waals surface area (Å²) in [5.74, 6) is 0.281. The number of rotatable bonds is 4. The number of aromatic amines is 1. The van der Waals surface area contributed by atoms with Crippen LogP contribution >= 0.6 is 0 Å². The molecule has 0 atom stereocenters. The molecule has 6 heteroatoms. The molecule has 2 aromatic carbocycles. The number of furan rings is 1. The summed E-state index contributed by atoms with van der Waals surface area (Å²) in [5.41, 5.74) is 4.88. The van der Waals surface area contributed by atoms with Crippen LogP contribution in [-0.2, 0) is 0 Å². The Bertz CT molecular complexity index is 1280. The minimum absolute atomic E-state index is 0.154. The zero-order chi connectivity index (χ0) is 20.5. The van der Waals surface area contributed by atoms with Crippen LogP contribution in [0.1, 0.15) is 33.1 Å². The summed E-state index contributed by atoms with van der Waals surface area (Å²) in [5, 5.41) is 19.0. The Morgan fingerprint density at radius 3 is 2.69 bits per heavy atom. The Labute approximate surface area is 166 Å². The second-order valence-corrected chi connectivity index (χ2v) is 6.76. The normalized spacial score (nSPS) is 11.6. The van der Waals surface area contributed by atoms with Crippen LogP contribution in [0.3, 0.4) is 0 Å². The van der Waals surface area contributed by atoms with Gasteiger partial charge in [0.05, 0.1) is 22.2 Å². The van der Waals surface area contributed by atoms with Crippen molar-refractivity contribution < 1.29 is 14.3 Å². The van der Waals surface area contributed by atoms with Gasteiger partial charge in [0.15, 0.2) is 0 Å². The molecule has 0 amide bonds. The summed E-state index contributed by atoms with van der Waals surface area (Å²) in [6, 6.07) is 16.1. The largest absolute Gasteiger partial charge is 0.478 e. The number of hydrogen-bond acceptors (Lipinski definition) is 4. The van der Waals surface area contributed by atoms with E-state index in [9.17, 15) is 15.2 Å². The van der Waals surface area contributed by atoms with Gasteiger partial charge in [-0.15, -0.1) is 0 Å². The molecule has 6 nitrogen and oxygen atoms in total. The average Bonchev–Trinajstić information content (AvgIpc) is 3.33. The highest BCUT2D eigenvalue weighted by atomic mass is 16.4. The second kappa shape index (κ2) is 7.13. The molecule has 4 aromatic rings. The zero-order valence-electron chi connectivity index (χ0n) is 15.9. The van der Waals surface area contributed by atoms with Gasteiger partial charge in [-0.05, 0) is 55.3 Å². The first-order chi connectivity index (χ1) is 14.0. The molecule has 29 heavy (non-hydrogen) atoms. The molecule has 0 aliphatic carbocycles. The summed E-state index contributed by atoms with van der Waals surface area (Å²) in [4.78, 5) is 19.1. The minimum atomic E-state index is -1.03. The van der Waals surface area contributed by atoms with Gasteiger partial charge in [-0.3, -0.25) is 0 Å². The predicted octanol–water partition coefficient (Wildman–Crippen LogP) is 5.20. The lowest BCUT2D eigenvalue weighted by Crippen LogP contribution is -1.98. The molecule has 0 saturated heterocycles. The fourth-order valence-electron chi connectivity index (χ4n) is 3.15. The number of nitrogens with zero attached hydrogens (tertiary/aromatic N) is 2. The minimum Gasteiger partial charge on any atom is -0.478 e. The van der Waals surface area contributed by atoms with Gasteiger partial charge < -0.3 is 14.5 Å². The van der Waals surface area contributed by atoms with Crippen molar-refractivity contribution in [2.75, 3.05) is 0 Å². The number of hydrogen-bond donors (Lipinski definition) is 2. The van der Waals surface area contributed by atoms with Crippen LogP contribution in [0.15, 0.2) is 52.9 Å². The van der Waals surface area contributed by atoms with Crippen LogP contribution < -0.4 is 0 Å². The van der Waals surface area contributed by atoms with E-state index in [0.717, 1.165) is 22.2 Å². The van der Waals surface area contributed by atoms with Crippen molar-refractivity contribution in [3.8, 4) is 17.4 Å². The highest BCUT2D eigenvalue weighted by Gasteiger charge is 2.15. The maximum absolute atomic E-state index is 11.4. The monoisotopic (exact) mass is 383 g/mol. The number of carboxylic acids is 1. The number of carboxylic acid groups (broad SMARTS) is 1. The van der Waals surface area contributed by atoms with Crippen molar-refractivity contribution in [1.29, 1.82) is 5.26 Å². The Balaban J connectivity index is 1.73. The van der Waals surface area contributed by atoms with Gasteiger partial charge in [0.1, 0.15) is 23.4 Å². The number of carbonyl (C=O) groups is 1. The van der Waals surface area contributed by atoms with Gasteiger partial charge in [0.2, 0.25) is 0 Å². The van der Waals surface area contributed by atoms with Crippen molar-refractivity contribution in [3.05, 3.63) is 76.8 Å². The molecule has 0 spiro atoms. The SMILES string of the molecule is Cc1cc2nc(/C(C#N)=C\c3ccc(-c4ccccc4C(=O)O)o3)[nH]c2cc1C. The first-order valence-corrected chi connectivity index (χ1v) is 8.98. The van der Waals surface area contributed by atoms with Crippen LogP contribution in [0.25, 0.3) is 34.0 Å². The molecule has 2 heterocycles. The number of aromatic carboxylic acids is 1. The van der Waals surface area contributed by atoms with Crippen LogP contribution in [0.5, 0.6) is 0 Å². The van der Waals surface area contributed by atoms with Gasteiger partial charge >= 0.3 is 5.97 Å². The number of nitriles is 1. The van der Waals surface area contributed by atoms with E-state index >= 15 is 0 Å². The van der Waals surface area contributed by atoms with Crippen LogP contribution in [0.2, 0.25) is 0 Å². The maximum Gasteiger partial charge on any atom is 0.336 e. The maximum atomic E-state index is 11.4. The van der Waals surface area contributed by atoms with E-state index < -0.39 is 5.97 Å². The zero-order valence-corrected chi connectivity index (χ0v) is 15.9. The highest BCUT2D eigenvalue weighted by Crippen LogP contribution is 2.28. The van der Waals surface area contributed by atoms with E-state index in [2.05, 4.69) is 16.0 Å². The highest BCUT2D eigenvalue weighted by molar-refractivity contribution is 5.95. The Morgan fingerprint density at radius 2 is 1.93 bits per heavy atom. The Kier molecular flexibility index (Phi) is 4.49. The smallest absolute Gasteiger partial charge is 0.336 e. The molecule has 2 aromatic heterocycles. The fourth-order valence-corrected chi connectivity index (χ4v) is 3.15. The predicted molar refractivity (Wildman–Crippen MR) is 110 cm³/mol. The topological polar surface area (TPSA) is 103 Å². The number of aryl methyl sites for hydroxylation is 2. The second-order valence-electron chi connectivity index (χ2n) is 6.76. The van der Waals surface area contributed by atoms with Crippen LogP contribution in [0, 0.1) is 25.2 Å². The summed E-state index contributed by atoms with van der Waals surface area (Å²) in [6.45, 7) is 4.04. The van der Waals surface area contributed by atoms with Crippen molar-refractivity contribution >= 4 is 28.7 Å². The average molecular weight is 383 g/mol. The number of imidazole rings is 1. The van der Waals surface area contributed by atoms with Gasteiger partial charge in [0.25, 0.3) is 0 Å². The summed E-state index contributed by atoms with van der Waals surface area (Å²) in [7, 11) is 0. The first-order valence-electron chi connectivity index (χ1n) is 8.98. The summed E-state index contributed by atoms with van der Waals surface area (Å²) < 4.78 is 5.79. The third kappa shape index (κ3) is 3.42. The molecule has 0 fully saturated rings. The lowest BCUT2D eigenvalue weighted by atomic mass is 10.1. The van der Waals surface area contributed by atoms with Crippen molar-refractivity contribution in [2.45, 2.75) is 13.8 Å². The van der Waals surface area contributed by atoms with Gasteiger partial charge in [0, 0.05) is 11.6 Å². The lowest BCUT2D eigenvalue weighted by Gasteiger charge is -2.02. The number of H-pyrrole nitrogens is 1. The number of benzene rings is 2. The quantitative estimate of drug-likeness (QED) is 0.471. The fraction of sp³-hybridized carbons (Fsp3) is 0.0870. The van der Waals surface area contributed by atoms with Crippen LogP contribution in [-0.4, -0.2) is 21.0 Å². The van der Waals surface area contributed by atoms with E-state index in [1.807, 2.05) is 26.0 Å². The Hall–Kier alpha value is -4.11. The molecule has 4 rings (SSSR count). The third-order valence-corrected chi connectivity index (χ3v) is 4.81. The molecule has 0 bridgehead atoms. The lowest BCUT2D eigenvalue weighted by molar-refractivity contribution is 0.0697. The number of nitrogens with one attached hydrogen (secondary N) is 1. The van der Waals surface area contributed by atoms with Crippen molar-refractivity contribution in [2.24, 2.45) is 0 Å². The van der Waals surface area contributed by atoms with E-state index in [1.165, 1.54) is 6.07 Å². The summed E-state index contributed by atoms with van der Waals surface area (Å²) in [6.07, 6.45) is 1.59. The molecule has 0 unspecified atom stereocenters. The Morgan fingerprint density at radius 1 is 1.17 bits per heavy atom. The van der Waals surface area contributed by atoms with Crippen molar-refractivity contribution in [1.82, 2.24) is 9.97 Å². The standard InChI is InChI=1S/C23H17N3O3/c1-13-9-19-20(10-14(13)2)26-22(25-19)15(12-24)11-16-7-8-21(29-16)17-5-3-4-6-18(17)23(27)28/h3-11H,1-2H3,(H,25,26)(H,27,28)/b15-11-. The van der Waals surface area contributed by atoms with E-state index in [4.69, 9.17) is 4.42 Å². The van der Waals surface area contributed by atoms with Crippen LogP contribution in [0.4, 0.5) is 0 Å². The molecule has 0 radical (unpaired) electrons. The summed E-state index contributed by atoms with van der Waals surface area (Å²) >= 11 is 0. The molecule has 0 aliphatic rings. The van der Waals surface area contributed by atoms with E-state index in [1.54, 1.807) is 36.4 Å². The molecular weight excluding hydrogens is 366 g/mol.